The fourth-order valence-corrected chi connectivity index (χ4v) is 2.72. The first-order valence-corrected chi connectivity index (χ1v) is 7.19. The van der Waals surface area contributed by atoms with E-state index in [0.717, 1.165) is 12.0 Å². The molecule has 1 aliphatic carbocycles. The maximum atomic E-state index is 12.2. The van der Waals surface area contributed by atoms with Crippen molar-refractivity contribution < 1.29 is 4.79 Å². The molecule has 0 aliphatic heterocycles. The number of hydrogen-bond donors (Lipinski definition) is 2. The van der Waals surface area contributed by atoms with Crippen LogP contribution in [-0.2, 0) is 0 Å². The van der Waals surface area contributed by atoms with E-state index in [-0.39, 0.29) is 11.9 Å². The van der Waals surface area contributed by atoms with E-state index in [1.807, 2.05) is 12.1 Å². The number of carbonyl (C=O) groups is 1. The maximum Gasteiger partial charge on any atom is 0.251 e. The van der Waals surface area contributed by atoms with Gasteiger partial charge in [0.1, 0.15) is 4.99 Å². The lowest BCUT2D eigenvalue weighted by Gasteiger charge is -2.29. The highest BCUT2D eigenvalue weighted by Crippen LogP contribution is 2.24. The summed E-state index contributed by atoms with van der Waals surface area (Å²) in [5.74, 6) is 0.522. The standard InChI is InChI=1S/C15H20N2OS/c1-10-5-2-3-8-13(10)17-15(18)12-7-4-6-11(9-12)14(16)19/h4,6-7,9-10,13H,2-3,5,8H2,1H3,(H2,16,19)(H,17,18). The van der Waals surface area contributed by atoms with Crippen molar-refractivity contribution in [3.8, 4) is 0 Å². The van der Waals surface area contributed by atoms with Crippen molar-refractivity contribution in [1.82, 2.24) is 5.32 Å². The molecule has 2 rings (SSSR count). The van der Waals surface area contributed by atoms with Gasteiger partial charge < -0.3 is 11.1 Å². The Labute approximate surface area is 119 Å². The summed E-state index contributed by atoms with van der Waals surface area (Å²) in [7, 11) is 0. The molecule has 0 spiro atoms. The molecule has 1 saturated carbocycles. The summed E-state index contributed by atoms with van der Waals surface area (Å²) >= 11 is 4.93. The molecule has 1 fully saturated rings. The molecule has 3 nitrogen and oxygen atoms in total. The van der Waals surface area contributed by atoms with Gasteiger partial charge in [0.15, 0.2) is 0 Å². The van der Waals surface area contributed by atoms with Gasteiger partial charge in [-0.15, -0.1) is 0 Å². The Balaban J connectivity index is 2.07. The Morgan fingerprint density at radius 3 is 2.68 bits per heavy atom. The summed E-state index contributed by atoms with van der Waals surface area (Å²) in [5.41, 5.74) is 6.95. The smallest absolute Gasteiger partial charge is 0.251 e. The molecule has 19 heavy (non-hydrogen) atoms. The zero-order chi connectivity index (χ0) is 13.8. The van der Waals surface area contributed by atoms with Crippen LogP contribution in [-0.4, -0.2) is 16.9 Å². The van der Waals surface area contributed by atoms with Crippen molar-refractivity contribution in [3.05, 3.63) is 35.4 Å². The molecule has 3 N–H and O–H groups in total. The first-order valence-electron chi connectivity index (χ1n) is 6.78. The predicted molar refractivity (Wildman–Crippen MR) is 81.2 cm³/mol. The van der Waals surface area contributed by atoms with Crippen LogP contribution in [0.3, 0.4) is 0 Å². The van der Waals surface area contributed by atoms with Crippen molar-refractivity contribution in [1.29, 1.82) is 0 Å². The first-order chi connectivity index (χ1) is 9.08. The Bertz CT molecular complexity index is 487. The molecule has 1 aliphatic rings. The Morgan fingerprint density at radius 2 is 2.00 bits per heavy atom. The SMILES string of the molecule is CC1CCCCC1NC(=O)c1cccc(C(N)=S)c1. The average molecular weight is 276 g/mol. The van der Waals surface area contributed by atoms with Crippen molar-refractivity contribution in [2.75, 3.05) is 0 Å². The lowest BCUT2D eigenvalue weighted by molar-refractivity contribution is 0.0910. The molecule has 4 heteroatoms. The van der Waals surface area contributed by atoms with Crippen LogP contribution >= 0.6 is 12.2 Å². The van der Waals surface area contributed by atoms with E-state index in [1.165, 1.54) is 19.3 Å². The number of benzene rings is 1. The molecule has 2 atom stereocenters. The third-order valence-corrected chi connectivity index (χ3v) is 4.07. The summed E-state index contributed by atoms with van der Waals surface area (Å²) in [6.07, 6.45) is 4.73. The van der Waals surface area contributed by atoms with E-state index in [0.29, 0.717) is 16.5 Å². The highest BCUT2D eigenvalue weighted by molar-refractivity contribution is 7.80. The fraction of sp³-hybridized carbons (Fsp3) is 0.467. The summed E-state index contributed by atoms with van der Waals surface area (Å²) in [4.78, 5) is 12.6. The van der Waals surface area contributed by atoms with Gasteiger partial charge in [-0.1, -0.05) is 44.1 Å². The van der Waals surface area contributed by atoms with Crippen LogP contribution in [0.1, 0.15) is 48.5 Å². The van der Waals surface area contributed by atoms with Crippen LogP contribution in [0.2, 0.25) is 0 Å². The monoisotopic (exact) mass is 276 g/mol. The minimum absolute atomic E-state index is 0.0307. The Kier molecular flexibility index (Phi) is 4.53. The number of thiocarbonyl (C=S) groups is 1. The minimum Gasteiger partial charge on any atom is -0.389 e. The molecule has 1 aromatic rings. The van der Waals surface area contributed by atoms with Crippen LogP contribution in [0.4, 0.5) is 0 Å². The number of hydrogen-bond acceptors (Lipinski definition) is 2. The molecule has 0 aromatic heterocycles. The van der Waals surface area contributed by atoms with Gasteiger partial charge in [0.2, 0.25) is 0 Å². The fourth-order valence-electron chi connectivity index (χ4n) is 2.60. The maximum absolute atomic E-state index is 12.2. The van der Waals surface area contributed by atoms with Gasteiger partial charge in [0.25, 0.3) is 5.91 Å². The van der Waals surface area contributed by atoms with Crippen LogP contribution in [0, 0.1) is 5.92 Å². The zero-order valence-electron chi connectivity index (χ0n) is 11.2. The van der Waals surface area contributed by atoms with E-state index >= 15 is 0 Å². The largest absolute Gasteiger partial charge is 0.389 e. The number of rotatable bonds is 3. The molecular formula is C15H20N2OS. The van der Waals surface area contributed by atoms with Crippen LogP contribution in [0.25, 0.3) is 0 Å². The first kappa shape index (κ1) is 14.0. The van der Waals surface area contributed by atoms with Gasteiger partial charge in [0.05, 0.1) is 0 Å². The molecule has 0 heterocycles. The molecular weight excluding hydrogens is 256 g/mol. The van der Waals surface area contributed by atoms with Gasteiger partial charge >= 0.3 is 0 Å². The number of carbonyl (C=O) groups excluding carboxylic acids is 1. The molecule has 2 unspecified atom stereocenters. The topological polar surface area (TPSA) is 55.1 Å². The summed E-state index contributed by atoms with van der Waals surface area (Å²) in [6.45, 7) is 2.20. The van der Waals surface area contributed by atoms with Crippen molar-refractivity contribution in [3.63, 3.8) is 0 Å². The Hall–Kier alpha value is -1.42. The third kappa shape index (κ3) is 3.53. The van der Waals surface area contributed by atoms with E-state index in [1.54, 1.807) is 12.1 Å². The summed E-state index contributed by atoms with van der Waals surface area (Å²) in [6, 6.07) is 7.47. The number of amides is 1. The molecule has 0 radical (unpaired) electrons. The summed E-state index contributed by atoms with van der Waals surface area (Å²) < 4.78 is 0. The van der Waals surface area contributed by atoms with Gasteiger partial charge in [0, 0.05) is 17.2 Å². The molecule has 0 saturated heterocycles. The highest BCUT2D eigenvalue weighted by atomic mass is 32.1. The minimum atomic E-state index is -0.0307. The Morgan fingerprint density at radius 1 is 1.32 bits per heavy atom. The van der Waals surface area contributed by atoms with Crippen molar-refractivity contribution >= 4 is 23.1 Å². The van der Waals surface area contributed by atoms with Gasteiger partial charge in [-0.3, -0.25) is 4.79 Å². The van der Waals surface area contributed by atoms with E-state index in [4.69, 9.17) is 18.0 Å². The van der Waals surface area contributed by atoms with Crippen LogP contribution in [0.15, 0.2) is 24.3 Å². The summed E-state index contributed by atoms with van der Waals surface area (Å²) in [5, 5.41) is 3.13. The average Bonchev–Trinajstić information content (AvgIpc) is 2.41. The molecule has 1 aromatic carbocycles. The second kappa shape index (κ2) is 6.15. The van der Waals surface area contributed by atoms with Gasteiger partial charge in [-0.25, -0.2) is 0 Å². The van der Waals surface area contributed by atoms with E-state index < -0.39 is 0 Å². The molecule has 1 amide bonds. The quantitative estimate of drug-likeness (QED) is 0.834. The number of nitrogens with two attached hydrogens (primary N) is 1. The van der Waals surface area contributed by atoms with Crippen molar-refractivity contribution in [2.45, 2.75) is 38.6 Å². The second-order valence-corrected chi connectivity index (χ2v) is 5.73. The third-order valence-electron chi connectivity index (χ3n) is 3.84. The number of nitrogens with one attached hydrogen (secondary N) is 1. The predicted octanol–water partition coefficient (Wildman–Crippen LogP) is 2.63. The second-order valence-electron chi connectivity index (χ2n) is 5.29. The zero-order valence-corrected chi connectivity index (χ0v) is 12.0. The van der Waals surface area contributed by atoms with E-state index in [2.05, 4.69) is 12.2 Å². The normalized spacial score (nSPS) is 22.8. The lowest BCUT2D eigenvalue weighted by Crippen LogP contribution is -2.41. The van der Waals surface area contributed by atoms with Crippen LogP contribution in [0.5, 0.6) is 0 Å². The van der Waals surface area contributed by atoms with Crippen molar-refractivity contribution in [2.24, 2.45) is 11.7 Å². The van der Waals surface area contributed by atoms with Gasteiger partial charge in [-0.05, 0) is 30.9 Å². The highest BCUT2D eigenvalue weighted by Gasteiger charge is 2.23. The van der Waals surface area contributed by atoms with Crippen LogP contribution < -0.4 is 11.1 Å². The molecule has 102 valence electrons. The molecule has 0 bridgehead atoms. The van der Waals surface area contributed by atoms with Gasteiger partial charge in [-0.2, -0.15) is 0 Å². The lowest BCUT2D eigenvalue weighted by atomic mass is 9.86. The van der Waals surface area contributed by atoms with E-state index in [9.17, 15) is 4.79 Å².